The molecule has 218 valence electrons. The van der Waals surface area contributed by atoms with Crippen LogP contribution in [0.5, 0.6) is 0 Å². The van der Waals surface area contributed by atoms with E-state index in [9.17, 15) is 9.59 Å². The quantitative estimate of drug-likeness (QED) is 0.303. The lowest BCUT2D eigenvalue weighted by molar-refractivity contribution is -0.122. The van der Waals surface area contributed by atoms with Crippen LogP contribution >= 0.6 is 0 Å². The second-order valence-electron chi connectivity index (χ2n) is 11.7. The van der Waals surface area contributed by atoms with Crippen molar-refractivity contribution >= 4 is 23.5 Å². The van der Waals surface area contributed by atoms with Gasteiger partial charge in [-0.3, -0.25) is 19.4 Å². The third-order valence-corrected chi connectivity index (χ3v) is 7.86. The van der Waals surface area contributed by atoms with Gasteiger partial charge in [-0.1, -0.05) is 13.8 Å². The summed E-state index contributed by atoms with van der Waals surface area (Å²) in [6, 6.07) is 4.63. The molecule has 2 amide bonds. The van der Waals surface area contributed by atoms with E-state index < -0.39 is 0 Å². The van der Waals surface area contributed by atoms with Crippen molar-refractivity contribution in [3.05, 3.63) is 36.2 Å². The Kier molecular flexibility index (Phi) is 10.2. The maximum Gasteiger partial charge on any atom is 0.234 e. The van der Waals surface area contributed by atoms with E-state index in [-0.39, 0.29) is 17.2 Å². The molecule has 40 heavy (non-hydrogen) atoms. The summed E-state index contributed by atoms with van der Waals surface area (Å²) in [5.41, 5.74) is 6.99. The van der Waals surface area contributed by atoms with Gasteiger partial charge in [0, 0.05) is 68.0 Å². The highest BCUT2D eigenvalue weighted by atomic mass is 16.2. The Hall–Kier alpha value is -3.38. The third-order valence-electron chi connectivity index (χ3n) is 7.86. The number of carbonyl (C=O) groups is 2. The number of primary amides is 1. The molecular formula is C28H44N10O2. The number of hydrogen-bond acceptors (Lipinski definition) is 10. The fourth-order valence-corrected chi connectivity index (χ4v) is 5.35. The first-order chi connectivity index (χ1) is 19.2. The number of rotatable bonds is 12. The van der Waals surface area contributed by atoms with Gasteiger partial charge in [-0.05, 0) is 39.0 Å². The molecule has 2 aromatic heterocycles. The number of anilines is 2. The highest BCUT2D eigenvalue weighted by molar-refractivity contribution is 5.78. The van der Waals surface area contributed by atoms with Gasteiger partial charge in [-0.15, -0.1) is 0 Å². The predicted molar refractivity (Wildman–Crippen MR) is 155 cm³/mol. The Morgan fingerprint density at radius 2 is 1.43 bits per heavy atom. The average Bonchev–Trinajstić information content (AvgIpc) is 2.91. The summed E-state index contributed by atoms with van der Waals surface area (Å²) in [7, 11) is 0. The maximum atomic E-state index is 12.7. The van der Waals surface area contributed by atoms with Crippen molar-refractivity contribution in [1.29, 1.82) is 0 Å². The lowest BCUT2D eigenvalue weighted by atomic mass is 9.85. The molecule has 0 spiro atoms. The minimum Gasteiger partial charge on any atom is -0.369 e. The van der Waals surface area contributed by atoms with Crippen molar-refractivity contribution in [3.63, 3.8) is 0 Å². The van der Waals surface area contributed by atoms with E-state index in [4.69, 9.17) is 5.73 Å². The summed E-state index contributed by atoms with van der Waals surface area (Å²) in [5.74, 6) is 1.44. The lowest BCUT2D eigenvalue weighted by Crippen LogP contribution is -2.44. The fourth-order valence-electron chi connectivity index (χ4n) is 5.35. The first-order valence-electron chi connectivity index (χ1n) is 14.3. The molecule has 2 aliphatic rings. The van der Waals surface area contributed by atoms with Crippen LogP contribution in [0.25, 0.3) is 0 Å². The molecule has 2 aliphatic heterocycles. The molecule has 2 fully saturated rings. The van der Waals surface area contributed by atoms with Gasteiger partial charge in [-0.25, -0.2) is 19.9 Å². The Bertz CT molecular complexity index is 1130. The van der Waals surface area contributed by atoms with E-state index in [0.29, 0.717) is 31.7 Å². The third kappa shape index (κ3) is 9.09. The number of aromatic nitrogens is 4. The molecule has 4 heterocycles. The van der Waals surface area contributed by atoms with Crippen molar-refractivity contribution in [3.8, 4) is 0 Å². The molecule has 0 atom stereocenters. The van der Waals surface area contributed by atoms with Gasteiger partial charge in [0.05, 0.1) is 18.8 Å². The smallest absolute Gasteiger partial charge is 0.234 e. The van der Waals surface area contributed by atoms with Crippen LogP contribution < -0.4 is 21.7 Å². The minimum atomic E-state index is -0.284. The number of nitrogens with zero attached hydrogens (tertiary/aromatic N) is 6. The normalized spacial score (nSPS) is 17.9. The average molecular weight is 553 g/mol. The van der Waals surface area contributed by atoms with E-state index >= 15 is 0 Å². The van der Waals surface area contributed by atoms with E-state index in [1.807, 2.05) is 19.1 Å². The SMILES string of the molecule is Cc1cc(NC2CCN(CC(=O)NCCC(C)(C)c3cc(NC4CCN(CC(N)=O)CC4)ncn3)CC2)ncn1. The van der Waals surface area contributed by atoms with Crippen LogP contribution in [0.1, 0.15) is 57.3 Å². The fraction of sp³-hybridized carbons (Fsp3) is 0.643. The summed E-state index contributed by atoms with van der Waals surface area (Å²) >= 11 is 0. The molecule has 2 aromatic rings. The van der Waals surface area contributed by atoms with E-state index in [1.165, 1.54) is 0 Å². The van der Waals surface area contributed by atoms with Gasteiger partial charge in [-0.2, -0.15) is 0 Å². The molecule has 12 heteroatoms. The molecular weight excluding hydrogens is 508 g/mol. The Balaban J connectivity index is 1.16. The molecule has 0 radical (unpaired) electrons. The molecule has 0 saturated carbocycles. The largest absolute Gasteiger partial charge is 0.369 e. The van der Waals surface area contributed by atoms with E-state index in [2.05, 4.69) is 59.5 Å². The lowest BCUT2D eigenvalue weighted by Gasteiger charge is -2.32. The zero-order chi connectivity index (χ0) is 28.5. The molecule has 0 aromatic carbocycles. The van der Waals surface area contributed by atoms with Crippen molar-refractivity contribution in [1.82, 2.24) is 35.1 Å². The van der Waals surface area contributed by atoms with Crippen LogP contribution in [0.2, 0.25) is 0 Å². The molecule has 5 N–H and O–H groups in total. The number of aryl methyl sites for hydroxylation is 1. The van der Waals surface area contributed by atoms with Gasteiger partial charge in [0.25, 0.3) is 0 Å². The van der Waals surface area contributed by atoms with Crippen molar-refractivity contribution in [2.45, 2.75) is 70.4 Å². The summed E-state index contributed by atoms with van der Waals surface area (Å²) < 4.78 is 0. The van der Waals surface area contributed by atoms with Gasteiger partial charge < -0.3 is 21.7 Å². The second kappa shape index (κ2) is 13.8. The Labute approximate surface area is 236 Å². The summed E-state index contributed by atoms with van der Waals surface area (Å²) in [6.07, 6.45) is 7.75. The molecule has 0 unspecified atom stereocenters. The minimum absolute atomic E-state index is 0.0568. The topological polar surface area (TPSA) is 154 Å². The standard InChI is InChI=1S/C28H44N10O2/c1-20-14-25(33-18-31-20)35-21-6-12-38(13-7-21)17-27(40)30-9-8-28(2,3)23-15-26(34-19-32-23)36-22-4-10-37(11-5-22)16-24(29)39/h14-15,18-19,21-22H,4-13,16-17H2,1-3H3,(H2,29,39)(H,30,40)(H,31,33,35)(H,32,34,36). The van der Waals surface area contributed by atoms with Gasteiger partial charge in [0.2, 0.25) is 11.8 Å². The first-order valence-corrected chi connectivity index (χ1v) is 14.3. The van der Waals surface area contributed by atoms with Crippen LogP contribution in [-0.4, -0.2) is 99.4 Å². The number of piperidine rings is 2. The number of amides is 2. The van der Waals surface area contributed by atoms with Crippen LogP contribution in [0, 0.1) is 6.92 Å². The monoisotopic (exact) mass is 552 g/mol. The first kappa shape index (κ1) is 29.6. The van der Waals surface area contributed by atoms with Gasteiger partial charge >= 0.3 is 0 Å². The van der Waals surface area contributed by atoms with Crippen molar-refractivity contribution in [2.75, 3.05) is 56.4 Å². The van der Waals surface area contributed by atoms with E-state index in [0.717, 1.165) is 81.3 Å². The molecule has 2 saturated heterocycles. The van der Waals surface area contributed by atoms with Crippen LogP contribution in [0.4, 0.5) is 11.6 Å². The summed E-state index contributed by atoms with van der Waals surface area (Å²) in [6.45, 7) is 11.0. The molecule has 0 bridgehead atoms. The van der Waals surface area contributed by atoms with Crippen LogP contribution in [-0.2, 0) is 15.0 Å². The zero-order valence-corrected chi connectivity index (χ0v) is 24.0. The van der Waals surface area contributed by atoms with Gasteiger partial charge in [0.15, 0.2) is 0 Å². The van der Waals surface area contributed by atoms with Gasteiger partial charge in [0.1, 0.15) is 24.3 Å². The van der Waals surface area contributed by atoms with Crippen molar-refractivity contribution < 1.29 is 9.59 Å². The number of carbonyl (C=O) groups excluding carboxylic acids is 2. The van der Waals surface area contributed by atoms with Crippen LogP contribution in [0.15, 0.2) is 24.8 Å². The summed E-state index contributed by atoms with van der Waals surface area (Å²) in [4.78, 5) is 45.5. The van der Waals surface area contributed by atoms with E-state index in [1.54, 1.807) is 12.7 Å². The Morgan fingerprint density at radius 3 is 2.00 bits per heavy atom. The molecule has 4 rings (SSSR count). The molecule has 0 aliphatic carbocycles. The number of likely N-dealkylation sites (tertiary alicyclic amines) is 2. The molecule has 12 nitrogen and oxygen atoms in total. The summed E-state index contributed by atoms with van der Waals surface area (Å²) in [5, 5.41) is 10.1. The number of nitrogens with one attached hydrogen (secondary N) is 3. The highest BCUT2D eigenvalue weighted by Gasteiger charge is 2.25. The maximum absolute atomic E-state index is 12.7. The predicted octanol–water partition coefficient (Wildman–Crippen LogP) is 1.30. The number of nitrogens with two attached hydrogens (primary N) is 1. The van der Waals surface area contributed by atoms with Crippen molar-refractivity contribution in [2.24, 2.45) is 5.73 Å². The van der Waals surface area contributed by atoms with Crippen LogP contribution in [0.3, 0.4) is 0 Å². The Morgan fingerprint density at radius 1 is 0.875 bits per heavy atom. The number of hydrogen-bond donors (Lipinski definition) is 4. The zero-order valence-electron chi connectivity index (χ0n) is 24.0. The second-order valence-corrected chi connectivity index (χ2v) is 11.7. The highest BCUT2D eigenvalue weighted by Crippen LogP contribution is 2.26.